The number of hydrogen-bond acceptors (Lipinski definition) is 4. The van der Waals surface area contributed by atoms with E-state index in [9.17, 15) is 9.90 Å². The average molecular weight is 218 g/mol. The molecule has 0 fully saturated rings. The first-order valence-electron chi connectivity index (χ1n) is 4.67. The molecule has 2 N–H and O–H groups in total. The van der Waals surface area contributed by atoms with E-state index < -0.39 is 0 Å². The summed E-state index contributed by atoms with van der Waals surface area (Å²) in [5, 5.41) is 11.8. The normalized spacial score (nSPS) is 10.1. The van der Waals surface area contributed by atoms with Gasteiger partial charge in [0.1, 0.15) is 5.75 Å². The van der Waals surface area contributed by atoms with Gasteiger partial charge in [0.25, 0.3) is 5.91 Å². The molecule has 5 heteroatoms. The summed E-state index contributed by atoms with van der Waals surface area (Å²) < 4.78 is 4.94. The number of aromatic hydroxyl groups is 1. The Hall–Kier alpha value is -2.30. The highest BCUT2D eigenvalue weighted by atomic mass is 16.3. The van der Waals surface area contributed by atoms with E-state index in [0.717, 1.165) is 0 Å². The Labute approximate surface area is 91.7 Å². The molecule has 0 radical (unpaired) electrons. The molecule has 0 atom stereocenters. The van der Waals surface area contributed by atoms with Gasteiger partial charge in [0, 0.05) is 11.8 Å². The van der Waals surface area contributed by atoms with Gasteiger partial charge in [-0.2, -0.15) is 0 Å². The Bertz CT molecular complexity index is 519. The monoisotopic (exact) mass is 218 g/mol. The minimum absolute atomic E-state index is 0.0899. The fraction of sp³-hybridized carbons (Fsp3) is 0.0909. The zero-order chi connectivity index (χ0) is 11.5. The number of benzene rings is 1. The van der Waals surface area contributed by atoms with E-state index in [4.69, 9.17) is 4.42 Å². The number of nitrogens with one attached hydrogen (secondary N) is 1. The molecule has 5 nitrogen and oxygen atoms in total. The number of carbonyl (C=O) groups is 1. The second-order valence-corrected chi connectivity index (χ2v) is 3.27. The first-order valence-corrected chi connectivity index (χ1v) is 4.67. The Morgan fingerprint density at radius 1 is 1.50 bits per heavy atom. The summed E-state index contributed by atoms with van der Waals surface area (Å²) in [6.45, 7) is 1.68. The van der Waals surface area contributed by atoms with Crippen molar-refractivity contribution in [3.05, 3.63) is 42.1 Å². The zero-order valence-electron chi connectivity index (χ0n) is 8.60. The van der Waals surface area contributed by atoms with Gasteiger partial charge in [-0.1, -0.05) is 6.07 Å². The lowest BCUT2D eigenvalue weighted by molar-refractivity contribution is 0.0996. The van der Waals surface area contributed by atoms with Crippen LogP contribution in [0.2, 0.25) is 0 Å². The molecule has 1 amide bonds. The van der Waals surface area contributed by atoms with Crippen LogP contribution in [0.3, 0.4) is 0 Å². The summed E-state index contributed by atoms with van der Waals surface area (Å²) in [4.78, 5) is 15.5. The number of aryl methyl sites for hydroxylation is 1. The maximum atomic E-state index is 11.7. The van der Waals surface area contributed by atoms with Crippen LogP contribution in [0.25, 0.3) is 0 Å². The van der Waals surface area contributed by atoms with E-state index >= 15 is 0 Å². The standard InChI is InChI=1S/C11H10N2O3/c1-7-10(16-6-12-7)11(15)13-8-3-2-4-9(14)5-8/h2-6,14H,1H3,(H,13,15). The van der Waals surface area contributed by atoms with Gasteiger partial charge in [0.15, 0.2) is 6.39 Å². The topological polar surface area (TPSA) is 75.4 Å². The molecular formula is C11H10N2O3. The molecule has 82 valence electrons. The van der Waals surface area contributed by atoms with Gasteiger partial charge < -0.3 is 14.8 Å². The third kappa shape index (κ3) is 2.03. The maximum Gasteiger partial charge on any atom is 0.293 e. The van der Waals surface area contributed by atoms with Crippen LogP contribution in [0.5, 0.6) is 5.75 Å². The van der Waals surface area contributed by atoms with Crippen LogP contribution in [0, 0.1) is 6.92 Å². The van der Waals surface area contributed by atoms with Gasteiger partial charge in [-0.05, 0) is 19.1 Å². The van der Waals surface area contributed by atoms with Crippen LogP contribution >= 0.6 is 0 Å². The van der Waals surface area contributed by atoms with Gasteiger partial charge in [-0.3, -0.25) is 4.79 Å². The van der Waals surface area contributed by atoms with Gasteiger partial charge >= 0.3 is 0 Å². The first-order chi connectivity index (χ1) is 7.66. The highest BCUT2D eigenvalue weighted by molar-refractivity contribution is 6.02. The summed E-state index contributed by atoms with van der Waals surface area (Å²) in [6.07, 6.45) is 1.21. The number of phenolic OH excluding ortho intramolecular Hbond substituents is 1. The Balaban J connectivity index is 2.17. The van der Waals surface area contributed by atoms with Crippen LogP contribution < -0.4 is 5.32 Å². The van der Waals surface area contributed by atoms with Crippen molar-refractivity contribution in [3.63, 3.8) is 0 Å². The Kier molecular flexibility index (Phi) is 2.59. The summed E-state index contributed by atoms with van der Waals surface area (Å²) >= 11 is 0. The van der Waals surface area contributed by atoms with Crippen molar-refractivity contribution in [1.82, 2.24) is 4.98 Å². The van der Waals surface area contributed by atoms with Crippen LogP contribution in [0.4, 0.5) is 5.69 Å². The summed E-state index contributed by atoms with van der Waals surface area (Å²) in [5.41, 5.74) is 1.03. The minimum atomic E-state index is -0.388. The molecule has 1 heterocycles. The SMILES string of the molecule is Cc1ncoc1C(=O)Nc1cccc(O)c1. The fourth-order valence-corrected chi connectivity index (χ4v) is 1.29. The molecule has 2 rings (SSSR count). The molecule has 1 aromatic heterocycles. The summed E-state index contributed by atoms with van der Waals surface area (Å²) in [5.74, 6) is -0.129. The lowest BCUT2D eigenvalue weighted by atomic mass is 10.3. The maximum absolute atomic E-state index is 11.7. The van der Waals surface area contributed by atoms with Crippen molar-refractivity contribution < 1.29 is 14.3 Å². The van der Waals surface area contributed by atoms with Gasteiger partial charge in [0.05, 0.1) is 5.69 Å². The lowest BCUT2D eigenvalue weighted by Crippen LogP contribution is -2.12. The van der Waals surface area contributed by atoms with Crippen LogP contribution in [0.1, 0.15) is 16.2 Å². The van der Waals surface area contributed by atoms with E-state index in [-0.39, 0.29) is 17.4 Å². The third-order valence-electron chi connectivity index (χ3n) is 2.06. The molecular weight excluding hydrogens is 208 g/mol. The van der Waals surface area contributed by atoms with Crippen molar-refractivity contribution in [1.29, 1.82) is 0 Å². The van der Waals surface area contributed by atoms with E-state index in [2.05, 4.69) is 10.3 Å². The van der Waals surface area contributed by atoms with Crippen molar-refractivity contribution in [2.75, 3.05) is 5.32 Å². The molecule has 0 aliphatic heterocycles. The molecule has 1 aromatic carbocycles. The van der Waals surface area contributed by atoms with E-state index in [0.29, 0.717) is 11.4 Å². The molecule has 2 aromatic rings. The highest BCUT2D eigenvalue weighted by Crippen LogP contribution is 2.16. The van der Waals surface area contributed by atoms with Crippen molar-refractivity contribution in [2.45, 2.75) is 6.92 Å². The molecule has 0 spiro atoms. The summed E-state index contributed by atoms with van der Waals surface area (Å²) in [6, 6.07) is 6.28. The van der Waals surface area contributed by atoms with Gasteiger partial charge in [-0.25, -0.2) is 4.98 Å². The molecule has 0 saturated heterocycles. The number of rotatable bonds is 2. The van der Waals surface area contributed by atoms with Crippen molar-refractivity contribution in [3.8, 4) is 5.75 Å². The van der Waals surface area contributed by atoms with E-state index in [1.54, 1.807) is 19.1 Å². The number of oxazole rings is 1. The smallest absolute Gasteiger partial charge is 0.293 e. The lowest BCUT2D eigenvalue weighted by Gasteiger charge is -2.03. The van der Waals surface area contributed by atoms with Crippen LogP contribution in [-0.4, -0.2) is 16.0 Å². The number of hydrogen-bond donors (Lipinski definition) is 2. The highest BCUT2D eigenvalue weighted by Gasteiger charge is 2.13. The fourth-order valence-electron chi connectivity index (χ4n) is 1.29. The van der Waals surface area contributed by atoms with Crippen molar-refractivity contribution in [2.24, 2.45) is 0 Å². The van der Waals surface area contributed by atoms with Crippen LogP contribution in [-0.2, 0) is 0 Å². The predicted octanol–water partition coefficient (Wildman–Crippen LogP) is 1.94. The average Bonchev–Trinajstić information content (AvgIpc) is 2.64. The molecule has 0 bridgehead atoms. The number of anilines is 1. The molecule has 0 unspecified atom stereocenters. The number of nitrogens with zero attached hydrogens (tertiary/aromatic N) is 1. The third-order valence-corrected chi connectivity index (χ3v) is 2.06. The predicted molar refractivity (Wildman–Crippen MR) is 57.3 cm³/mol. The van der Waals surface area contributed by atoms with Crippen LogP contribution in [0.15, 0.2) is 35.1 Å². The first kappa shape index (κ1) is 10.2. The molecule has 0 aliphatic carbocycles. The minimum Gasteiger partial charge on any atom is -0.508 e. The van der Waals surface area contributed by atoms with E-state index in [1.807, 2.05) is 0 Å². The second kappa shape index (κ2) is 4.06. The molecule has 0 aliphatic rings. The number of amides is 1. The van der Waals surface area contributed by atoms with E-state index in [1.165, 1.54) is 18.5 Å². The van der Waals surface area contributed by atoms with Gasteiger partial charge in [0.2, 0.25) is 5.76 Å². The second-order valence-electron chi connectivity index (χ2n) is 3.27. The number of carbonyl (C=O) groups excluding carboxylic acids is 1. The quantitative estimate of drug-likeness (QED) is 0.807. The number of aromatic nitrogens is 1. The van der Waals surface area contributed by atoms with Gasteiger partial charge in [-0.15, -0.1) is 0 Å². The zero-order valence-corrected chi connectivity index (χ0v) is 8.60. The Morgan fingerprint density at radius 2 is 2.31 bits per heavy atom. The largest absolute Gasteiger partial charge is 0.508 e. The van der Waals surface area contributed by atoms with Crippen molar-refractivity contribution >= 4 is 11.6 Å². The molecule has 16 heavy (non-hydrogen) atoms. The summed E-state index contributed by atoms with van der Waals surface area (Å²) in [7, 11) is 0. The molecule has 0 saturated carbocycles. The number of phenols is 1. The Morgan fingerprint density at radius 3 is 2.94 bits per heavy atom.